The lowest BCUT2D eigenvalue weighted by Crippen LogP contribution is -2.27. The van der Waals surface area contributed by atoms with Crippen molar-refractivity contribution >= 4 is 12.0 Å². The standard InChI is InChI=1S/C15H24N4O2/c1-14(2,3)21-13(20)19-12-17-7-9(8-18-12)11-10(6-16)15(11,4)5/h7-8,10-11H,6,16H2,1-5H3,(H,17,18,19,20)/t10-,11-/m1/s1. The van der Waals surface area contributed by atoms with E-state index in [1.165, 1.54) is 0 Å². The lowest BCUT2D eigenvalue weighted by atomic mass is 10.1. The van der Waals surface area contributed by atoms with Crippen molar-refractivity contribution in [1.82, 2.24) is 9.97 Å². The molecule has 1 aromatic heterocycles. The molecule has 1 aliphatic rings. The Hall–Kier alpha value is -1.69. The molecule has 0 unspecified atom stereocenters. The van der Waals surface area contributed by atoms with Gasteiger partial charge in [0.05, 0.1) is 0 Å². The second kappa shape index (κ2) is 5.26. The van der Waals surface area contributed by atoms with Gasteiger partial charge in [-0.1, -0.05) is 13.8 Å². The highest BCUT2D eigenvalue weighted by molar-refractivity contribution is 5.82. The van der Waals surface area contributed by atoms with E-state index in [2.05, 4.69) is 29.1 Å². The number of hydrogen-bond acceptors (Lipinski definition) is 5. The molecule has 1 fully saturated rings. The van der Waals surface area contributed by atoms with Crippen LogP contribution >= 0.6 is 0 Å². The van der Waals surface area contributed by atoms with Crippen molar-refractivity contribution in [3.63, 3.8) is 0 Å². The third-order valence-electron chi connectivity index (χ3n) is 3.95. The van der Waals surface area contributed by atoms with E-state index >= 15 is 0 Å². The summed E-state index contributed by atoms with van der Waals surface area (Å²) >= 11 is 0. The zero-order valence-electron chi connectivity index (χ0n) is 13.3. The minimum absolute atomic E-state index is 0.193. The van der Waals surface area contributed by atoms with Crippen LogP contribution in [-0.2, 0) is 4.74 Å². The fourth-order valence-electron chi connectivity index (χ4n) is 2.80. The van der Waals surface area contributed by atoms with Crippen LogP contribution in [0.5, 0.6) is 0 Å². The van der Waals surface area contributed by atoms with Crippen molar-refractivity contribution in [2.24, 2.45) is 17.1 Å². The minimum Gasteiger partial charge on any atom is -0.444 e. The Kier molecular flexibility index (Phi) is 3.93. The van der Waals surface area contributed by atoms with Crippen molar-refractivity contribution in [2.45, 2.75) is 46.1 Å². The van der Waals surface area contributed by atoms with Gasteiger partial charge in [0.1, 0.15) is 5.60 Å². The van der Waals surface area contributed by atoms with Gasteiger partial charge < -0.3 is 10.5 Å². The van der Waals surface area contributed by atoms with E-state index in [1.807, 2.05) is 0 Å². The molecule has 0 bridgehead atoms. The van der Waals surface area contributed by atoms with Gasteiger partial charge in [-0.05, 0) is 50.1 Å². The lowest BCUT2D eigenvalue weighted by molar-refractivity contribution is 0.0634. The number of ether oxygens (including phenoxy) is 1. The number of hydrogen-bond donors (Lipinski definition) is 2. The first-order chi connectivity index (χ1) is 9.65. The summed E-state index contributed by atoms with van der Waals surface area (Å²) in [4.78, 5) is 20.0. The van der Waals surface area contributed by atoms with Crippen LogP contribution in [0.25, 0.3) is 0 Å². The molecule has 0 aliphatic heterocycles. The van der Waals surface area contributed by atoms with E-state index in [0.717, 1.165) is 5.56 Å². The van der Waals surface area contributed by atoms with Crippen LogP contribution in [0.4, 0.5) is 10.7 Å². The summed E-state index contributed by atoms with van der Waals surface area (Å²) < 4.78 is 5.15. The molecule has 0 radical (unpaired) electrons. The molecular weight excluding hydrogens is 268 g/mol. The first-order valence-electron chi connectivity index (χ1n) is 7.17. The summed E-state index contributed by atoms with van der Waals surface area (Å²) in [6.07, 6.45) is 2.95. The van der Waals surface area contributed by atoms with Crippen LogP contribution in [-0.4, -0.2) is 28.2 Å². The second-order valence-corrected chi connectivity index (χ2v) is 7.11. The molecule has 1 aliphatic carbocycles. The van der Waals surface area contributed by atoms with E-state index in [4.69, 9.17) is 10.5 Å². The highest BCUT2D eigenvalue weighted by atomic mass is 16.6. The number of rotatable bonds is 3. The van der Waals surface area contributed by atoms with Crippen LogP contribution in [0.15, 0.2) is 12.4 Å². The number of nitrogens with one attached hydrogen (secondary N) is 1. The monoisotopic (exact) mass is 292 g/mol. The van der Waals surface area contributed by atoms with E-state index in [-0.39, 0.29) is 11.4 Å². The molecule has 1 amide bonds. The number of anilines is 1. The van der Waals surface area contributed by atoms with Crippen molar-refractivity contribution in [3.05, 3.63) is 18.0 Å². The topological polar surface area (TPSA) is 90.1 Å². The maximum atomic E-state index is 11.6. The molecule has 0 aromatic carbocycles. The molecule has 0 spiro atoms. The Morgan fingerprint density at radius 2 is 1.95 bits per heavy atom. The van der Waals surface area contributed by atoms with Gasteiger partial charge in [0.25, 0.3) is 0 Å². The number of amides is 1. The van der Waals surface area contributed by atoms with E-state index in [0.29, 0.717) is 18.4 Å². The third-order valence-corrected chi connectivity index (χ3v) is 3.95. The molecule has 3 N–H and O–H groups in total. The fourth-order valence-corrected chi connectivity index (χ4v) is 2.80. The van der Waals surface area contributed by atoms with Gasteiger partial charge in [0, 0.05) is 12.4 Å². The van der Waals surface area contributed by atoms with Crippen molar-refractivity contribution in [1.29, 1.82) is 0 Å². The molecule has 116 valence electrons. The minimum atomic E-state index is -0.554. The summed E-state index contributed by atoms with van der Waals surface area (Å²) in [5, 5.41) is 2.52. The zero-order valence-corrected chi connectivity index (χ0v) is 13.3. The Labute approximate surface area is 125 Å². The summed E-state index contributed by atoms with van der Waals surface area (Å²) in [6.45, 7) is 10.5. The molecule has 1 saturated carbocycles. The Morgan fingerprint density at radius 3 is 2.38 bits per heavy atom. The van der Waals surface area contributed by atoms with Crippen LogP contribution in [0.2, 0.25) is 0 Å². The lowest BCUT2D eigenvalue weighted by Gasteiger charge is -2.19. The molecule has 6 nitrogen and oxygen atoms in total. The largest absolute Gasteiger partial charge is 0.444 e. The summed E-state index contributed by atoms with van der Waals surface area (Å²) in [5.41, 5.74) is 6.49. The maximum Gasteiger partial charge on any atom is 0.414 e. The van der Waals surface area contributed by atoms with Gasteiger partial charge in [-0.2, -0.15) is 0 Å². The zero-order chi connectivity index (χ0) is 15.8. The number of carbonyl (C=O) groups is 1. The van der Waals surface area contributed by atoms with Crippen LogP contribution in [0, 0.1) is 11.3 Å². The number of aromatic nitrogens is 2. The molecule has 2 atom stereocenters. The van der Waals surface area contributed by atoms with Gasteiger partial charge in [-0.3, -0.25) is 5.32 Å². The molecule has 6 heteroatoms. The third kappa shape index (κ3) is 3.50. The molecule has 2 rings (SSSR count). The Bertz CT molecular complexity index is 519. The predicted molar refractivity (Wildman–Crippen MR) is 81.0 cm³/mol. The summed E-state index contributed by atoms with van der Waals surface area (Å²) in [5.74, 6) is 1.10. The van der Waals surface area contributed by atoms with Gasteiger partial charge >= 0.3 is 6.09 Å². The summed E-state index contributed by atoms with van der Waals surface area (Å²) in [7, 11) is 0. The normalized spacial score (nSPS) is 23.5. The van der Waals surface area contributed by atoms with Crippen molar-refractivity contribution in [2.75, 3.05) is 11.9 Å². The SMILES string of the molecule is CC(C)(C)OC(=O)Nc1ncc([C@@H]2[C@@H](CN)C2(C)C)cn1. The van der Waals surface area contributed by atoms with Gasteiger partial charge in [-0.15, -0.1) is 0 Å². The average Bonchev–Trinajstić information content (AvgIpc) is 2.89. The average molecular weight is 292 g/mol. The van der Waals surface area contributed by atoms with Gasteiger partial charge in [-0.25, -0.2) is 14.8 Å². The predicted octanol–water partition coefficient (Wildman–Crippen LogP) is 2.52. The van der Waals surface area contributed by atoms with Crippen molar-refractivity contribution < 1.29 is 9.53 Å². The van der Waals surface area contributed by atoms with Gasteiger partial charge in [0.15, 0.2) is 0 Å². The molecule has 0 saturated heterocycles. The van der Waals surface area contributed by atoms with Crippen molar-refractivity contribution in [3.8, 4) is 0 Å². The van der Waals surface area contributed by atoms with Crippen LogP contribution < -0.4 is 11.1 Å². The molecule has 1 heterocycles. The second-order valence-electron chi connectivity index (χ2n) is 7.11. The Morgan fingerprint density at radius 1 is 1.38 bits per heavy atom. The highest BCUT2D eigenvalue weighted by Gasteiger charge is 2.57. The number of nitrogens with zero attached hydrogens (tertiary/aromatic N) is 2. The Balaban J connectivity index is 1.99. The fraction of sp³-hybridized carbons (Fsp3) is 0.667. The highest BCUT2D eigenvalue weighted by Crippen LogP contribution is 2.63. The van der Waals surface area contributed by atoms with Crippen LogP contribution in [0.3, 0.4) is 0 Å². The first kappa shape index (κ1) is 15.7. The quantitative estimate of drug-likeness (QED) is 0.893. The molecule has 21 heavy (non-hydrogen) atoms. The van der Waals surface area contributed by atoms with Crippen LogP contribution in [0.1, 0.15) is 46.1 Å². The first-order valence-corrected chi connectivity index (χ1v) is 7.17. The number of carbonyl (C=O) groups excluding carboxylic acids is 1. The molecular formula is C15H24N4O2. The summed E-state index contributed by atoms with van der Waals surface area (Å²) in [6, 6.07) is 0. The van der Waals surface area contributed by atoms with Gasteiger partial charge in [0.2, 0.25) is 5.95 Å². The van der Waals surface area contributed by atoms with E-state index in [9.17, 15) is 4.79 Å². The van der Waals surface area contributed by atoms with E-state index < -0.39 is 11.7 Å². The molecule has 1 aromatic rings. The smallest absolute Gasteiger partial charge is 0.414 e. The maximum absolute atomic E-state index is 11.6. The van der Waals surface area contributed by atoms with E-state index in [1.54, 1.807) is 33.2 Å². The number of nitrogens with two attached hydrogens (primary N) is 1.